The van der Waals surface area contributed by atoms with Crippen LogP contribution in [0.3, 0.4) is 0 Å². The molecule has 0 spiro atoms. The van der Waals surface area contributed by atoms with Crippen LogP contribution in [0.2, 0.25) is 0 Å². The summed E-state index contributed by atoms with van der Waals surface area (Å²) in [5, 5.41) is 8.27. The number of hydrogen-bond donors (Lipinski definition) is 0. The first-order valence-corrected chi connectivity index (χ1v) is 5.20. The van der Waals surface area contributed by atoms with Crippen molar-refractivity contribution in [2.24, 2.45) is 0 Å². The molecule has 0 aliphatic carbocycles. The van der Waals surface area contributed by atoms with E-state index in [0.29, 0.717) is 6.42 Å². The van der Waals surface area contributed by atoms with Gasteiger partial charge in [-0.1, -0.05) is 36.5 Å². The molecule has 0 aromatic carbocycles. The summed E-state index contributed by atoms with van der Waals surface area (Å²) in [5.74, 6) is 0. The van der Waals surface area contributed by atoms with Crippen molar-refractivity contribution in [2.45, 2.75) is 39.0 Å². The SMILES string of the molecule is CC=CCCC=CCCC=CCC#N. The van der Waals surface area contributed by atoms with Gasteiger partial charge in [-0.25, -0.2) is 0 Å². The van der Waals surface area contributed by atoms with Crippen molar-refractivity contribution in [1.29, 1.82) is 5.26 Å². The second-order valence-corrected chi connectivity index (χ2v) is 3.03. The van der Waals surface area contributed by atoms with Gasteiger partial charge in [-0.15, -0.1) is 0 Å². The molecule has 0 radical (unpaired) electrons. The molecule has 0 aromatic heterocycles. The van der Waals surface area contributed by atoms with E-state index >= 15 is 0 Å². The first-order chi connectivity index (χ1) is 6.91. The largest absolute Gasteiger partial charge is 0.198 e. The van der Waals surface area contributed by atoms with Gasteiger partial charge >= 0.3 is 0 Å². The van der Waals surface area contributed by atoms with E-state index in [1.807, 2.05) is 13.0 Å². The van der Waals surface area contributed by atoms with Gasteiger partial charge in [0.1, 0.15) is 0 Å². The van der Waals surface area contributed by atoms with Gasteiger partial charge < -0.3 is 0 Å². The van der Waals surface area contributed by atoms with E-state index in [4.69, 9.17) is 5.26 Å². The van der Waals surface area contributed by atoms with Crippen molar-refractivity contribution in [3.05, 3.63) is 36.5 Å². The van der Waals surface area contributed by atoms with Crippen molar-refractivity contribution < 1.29 is 0 Å². The third kappa shape index (κ3) is 10.7. The van der Waals surface area contributed by atoms with Gasteiger partial charge in [-0.05, 0) is 32.6 Å². The highest BCUT2D eigenvalue weighted by atomic mass is 14.2. The molecule has 76 valence electrons. The number of allylic oxidation sites excluding steroid dienone is 6. The van der Waals surface area contributed by atoms with Gasteiger partial charge in [0.25, 0.3) is 0 Å². The summed E-state index contributed by atoms with van der Waals surface area (Å²) >= 11 is 0. The van der Waals surface area contributed by atoms with E-state index in [-0.39, 0.29) is 0 Å². The van der Waals surface area contributed by atoms with Crippen LogP contribution in [0.15, 0.2) is 36.5 Å². The highest BCUT2D eigenvalue weighted by Crippen LogP contribution is 1.98. The predicted molar refractivity (Wildman–Crippen MR) is 61.8 cm³/mol. The second-order valence-electron chi connectivity index (χ2n) is 3.03. The lowest BCUT2D eigenvalue weighted by Crippen LogP contribution is -1.67. The van der Waals surface area contributed by atoms with Crippen LogP contribution in [0.4, 0.5) is 0 Å². The molecule has 0 saturated carbocycles. The average Bonchev–Trinajstić information content (AvgIpc) is 2.21. The van der Waals surface area contributed by atoms with Gasteiger partial charge in [0.2, 0.25) is 0 Å². The minimum Gasteiger partial charge on any atom is -0.198 e. The number of nitriles is 1. The van der Waals surface area contributed by atoms with Crippen LogP contribution >= 0.6 is 0 Å². The Kier molecular flexibility index (Phi) is 10.6. The topological polar surface area (TPSA) is 23.8 Å². The smallest absolute Gasteiger partial charge is 0.0663 e. The van der Waals surface area contributed by atoms with Crippen molar-refractivity contribution in [3.8, 4) is 6.07 Å². The lowest BCUT2D eigenvalue weighted by Gasteiger charge is -1.87. The third-order valence-electron chi connectivity index (χ3n) is 1.78. The molecule has 0 rings (SSSR count). The maximum Gasteiger partial charge on any atom is 0.0663 e. The molecule has 1 heteroatoms. The van der Waals surface area contributed by atoms with E-state index in [0.717, 1.165) is 25.7 Å². The van der Waals surface area contributed by atoms with E-state index in [2.05, 4.69) is 36.4 Å². The summed E-state index contributed by atoms with van der Waals surface area (Å²) in [7, 11) is 0. The quantitative estimate of drug-likeness (QED) is 0.436. The summed E-state index contributed by atoms with van der Waals surface area (Å²) in [6.45, 7) is 2.05. The fourth-order valence-electron chi connectivity index (χ4n) is 1.04. The van der Waals surface area contributed by atoms with Gasteiger partial charge in [0.15, 0.2) is 0 Å². The average molecular weight is 189 g/mol. The monoisotopic (exact) mass is 189 g/mol. The molecule has 0 fully saturated rings. The van der Waals surface area contributed by atoms with Crippen LogP contribution in [0, 0.1) is 11.3 Å². The Morgan fingerprint density at radius 3 is 1.86 bits per heavy atom. The molecule has 0 N–H and O–H groups in total. The second kappa shape index (κ2) is 11.7. The maximum absolute atomic E-state index is 8.27. The molecule has 0 bridgehead atoms. The van der Waals surface area contributed by atoms with Crippen molar-refractivity contribution in [2.75, 3.05) is 0 Å². The van der Waals surface area contributed by atoms with Crippen LogP contribution in [0.5, 0.6) is 0 Å². The molecule has 0 aliphatic heterocycles. The number of nitrogens with zero attached hydrogens (tertiary/aromatic N) is 1. The van der Waals surface area contributed by atoms with Crippen LogP contribution in [-0.4, -0.2) is 0 Å². The Labute approximate surface area is 87.4 Å². The summed E-state index contributed by atoms with van der Waals surface area (Å²) < 4.78 is 0. The molecule has 0 atom stereocenters. The first kappa shape index (κ1) is 12.7. The fourth-order valence-corrected chi connectivity index (χ4v) is 1.04. The predicted octanol–water partition coefficient (Wildman–Crippen LogP) is 4.15. The minimum atomic E-state index is 0.533. The first-order valence-electron chi connectivity index (χ1n) is 5.20. The molecule has 0 aromatic rings. The highest BCUT2D eigenvalue weighted by molar-refractivity contribution is 4.93. The van der Waals surface area contributed by atoms with E-state index in [1.54, 1.807) is 0 Å². The molecule has 0 aliphatic rings. The molecule has 0 heterocycles. The Balaban J connectivity index is 3.23. The van der Waals surface area contributed by atoms with Crippen LogP contribution in [-0.2, 0) is 0 Å². The summed E-state index contributed by atoms with van der Waals surface area (Å²) in [4.78, 5) is 0. The zero-order valence-corrected chi connectivity index (χ0v) is 8.95. The zero-order chi connectivity index (χ0) is 10.5. The molecule has 14 heavy (non-hydrogen) atoms. The summed E-state index contributed by atoms with van der Waals surface area (Å²) in [6.07, 6.45) is 17.6. The summed E-state index contributed by atoms with van der Waals surface area (Å²) in [6, 6.07) is 2.08. The minimum absolute atomic E-state index is 0.533. The van der Waals surface area contributed by atoms with Gasteiger partial charge in [0.05, 0.1) is 12.5 Å². The highest BCUT2D eigenvalue weighted by Gasteiger charge is 1.78. The zero-order valence-electron chi connectivity index (χ0n) is 8.95. The van der Waals surface area contributed by atoms with E-state index < -0.39 is 0 Å². The molecule has 1 nitrogen and oxygen atoms in total. The lowest BCUT2D eigenvalue weighted by atomic mass is 10.2. The third-order valence-corrected chi connectivity index (χ3v) is 1.78. The number of unbranched alkanes of at least 4 members (excludes halogenated alkanes) is 2. The molecule has 0 amide bonds. The Hall–Kier alpha value is -1.29. The Morgan fingerprint density at radius 2 is 1.36 bits per heavy atom. The van der Waals surface area contributed by atoms with Crippen molar-refractivity contribution >= 4 is 0 Å². The molecular formula is C13H19N. The lowest BCUT2D eigenvalue weighted by molar-refractivity contribution is 1.00. The maximum atomic E-state index is 8.27. The van der Waals surface area contributed by atoms with Crippen LogP contribution < -0.4 is 0 Å². The van der Waals surface area contributed by atoms with Crippen molar-refractivity contribution in [3.63, 3.8) is 0 Å². The van der Waals surface area contributed by atoms with E-state index in [9.17, 15) is 0 Å². The normalized spacial score (nSPS) is 11.7. The Morgan fingerprint density at radius 1 is 0.857 bits per heavy atom. The van der Waals surface area contributed by atoms with Gasteiger partial charge in [0, 0.05) is 0 Å². The van der Waals surface area contributed by atoms with Gasteiger partial charge in [-0.2, -0.15) is 5.26 Å². The van der Waals surface area contributed by atoms with Crippen LogP contribution in [0.25, 0.3) is 0 Å². The van der Waals surface area contributed by atoms with E-state index in [1.165, 1.54) is 0 Å². The fraction of sp³-hybridized carbons (Fsp3) is 0.462. The molecular weight excluding hydrogens is 170 g/mol. The summed E-state index contributed by atoms with van der Waals surface area (Å²) in [5.41, 5.74) is 0. The molecule has 0 saturated heterocycles. The standard InChI is InChI=1S/C13H19N/c1-2-3-4-5-6-7-8-9-10-11-12-13-14/h2-3,6-7,10-11H,4-5,8-9,12H2,1H3. The number of hydrogen-bond acceptors (Lipinski definition) is 1. The van der Waals surface area contributed by atoms with Crippen molar-refractivity contribution in [1.82, 2.24) is 0 Å². The number of rotatable bonds is 7. The van der Waals surface area contributed by atoms with Gasteiger partial charge in [-0.3, -0.25) is 0 Å². The van der Waals surface area contributed by atoms with Crippen LogP contribution in [0.1, 0.15) is 39.0 Å². The molecule has 0 unspecified atom stereocenters. The Bertz CT molecular complexity index is 228.